The summed E-state index contributed by atoms with van der Waals surface area (Å²) in [6, 6.07) is 13.9. The van der Waals surface area contributed by atoms with Crippen molar-refractivity contribution in [2.75, 3.05) is 0 Å². The molecule has 0 saturated heterocycles. The molecule has 1 N–H and O–H groups in total. The highest BCUT2D eigenvalue weighted by Crippen LogP contribution is 2.48. The smallest absolute Gasteiger partial charge is 0.335 e. The lowest BCUT2D eigenvalue weighted by Crippen LogP contribution is -2.28. The van der Waals surface area contributed by atoms with Crippen molar-refractivity contribution in [1.29, 1.82) is 0 Å². The molecule has 0 amide bonds. The van der Waals surface area contributed by atoms with Crippen molar-refractivity contribution in [2.24, 2.45) is 5.41 Å². The van der Waals surface area contributed by atoms with Gasteiger partial charge in [-0.05, 0) is 41.2 Å². The lowest BCUT2D eigenvalue weighted by atomic mass is 9.71. The topological polar surface area (TPSA) is 55.1 Å². The molecule has 4 nitrogen and oxygen atoms in total. The molecule has 0 bridgehead atoms. The highest BCUT2D eigenvalue weighted by Gasteiger charge is 2.36. The molecule has 138 valence electrons. The Labute approximate surface area is 159 Å². The molecule has 1 aliphatic rings. The number of aromatic nitrogens is 2. The van der Waals surface area contributed by atoms with Gasteiger partial charge in [0.05, 0.1) is 17.5 Å². The first-order chi connectivity index (χ1) is 12.8. The molecule has 27 heavy (non-hydrogen) atoms. The highest BCUT2D eigenvalue weighted by atomic mass is 16.4. The fraction of sp³-hybridized carbons (Fsp3) is 0.304. The van der Waals surface area contributed by atoms with Gasteiger partial charge in [0.25, 0.3) is 0 Å². The van der Waals surface area contributed by atoms with Gasteiger partial charge in [0.15, 0.2) is 0 Å². The van der Waals surface area contributed by atoms with Gasteiger partial charge in [0.1, 0.15) is 0 Å². The van der Waals surface area contributed by atoms with Crippen LogP contribution in [0.3, 0.4) is 0 Å². The van der Waals surface area contributed by atoms with E-state index < -0.39 is 5.97 Å². The summed E-state index contributed by atoms with van der Waals surface area (Å²) < 4.78 is 2.09. The maximum Gasteiger partial charge on any atom is 0.335 e. The number of carboxylic acid groups (broad SMARTS) is 1. The second-order valence-corrected chi connectivity index (χ2v) is 8.44. The molecule has 4 heteroatoms. The summed E-state index contributed by atoms with van der Waals surface area (Å²) >= 11 is 0. The zero-order valence-corrected chi connectivity index (χ0v) is 16.2. The van der Waals surface area contributed by atoms with Crippen LogP contribution in [0.2, 0.25) is 0 Å². The summed E-state index contributed by atoms with van der Waals surface area (Å²) in [4.78, 5) is 11.7. The molecule has 1 aromatic heterocycles. The van der Waals surface area contributed by atoms with Crippen LogP contribution in [0, 0.1) is 12.3 Å². The van der Waals surface area contributed by atoms with Crippen LogP contribution in [0.4, 0.5) is 0 Å². The second kappa shape index (κ2) is 6.08. The van der Waals surface area contributed by atoms with Crippen LogP contribution in [0.1, 0.15) is 48.2 Å². The largest absolute Gasteiger partial charge is 0.478 e. The van der Waals surface area contributed by atoms with Gasteiger partial charge in [-0.2, -0.15) is 5.10 Å². The van der Waals surface area contributed by atoms with Gasteiger partial charge in [-0.15, -0.1) is 0 Å². The number of nitrogens with zero attached hydrogens (tertiary/aromatic N) is 2. The number of rotatable bonds is 2. The lowest BCUT2D eigenvalue weighted by Gasteiger charge is -2.37. The third-order valence-corrected chi connectivity index (χ3v) is 5.55. The first-order valence-corrected chi connectivity index (χ1v) is 9.27. The summed E-state index contributed by atoms with van der Waals surface area (Å²) in [6.07, 6.45) is 1.93. The number of fused-ring (bicyclic) bond motifs is 3. The van der Waals surface area contributed by atoms with Gasteiger partial charge in [-0.3, -0.25) is 4.68 Å². The fourth-order valence-electron chi connectivity index (χ4n) is 4.16. The average molecular weight is 360 g/mol. The van der Waals surface area contributed by atoms with Crippen molar-refractivity contribution in [3.63, 3.8) is 0 Å². The molecule has 0 unspecified atom stereocenters. The molecule has 0 saturated carbocycles. The maximum atomic E-state index is 11.7. The number of hydrogen-bond acceptors (Lipinski definition) is 2. The van der Waals surface area contributed by atoms with Gasteiger partial charge in [-0.25, -0.2) is 4.79 Å². The molecule has 0 radical (unpaired) electrons. The number of hydrogen-bond donors (Lipinski definition) is 1. The standard InChI is InChI=1S/C23H24N2O2/c1-14-10-16(22(26)27)11-17-19(23(2,3)4)13-25-21(20(14)17)18(12-24-25)15-8-6-5-7-9-15/h5-12,19H,13H2,1-4H3,(H,26,27)/t19-/m1/s1. The molecule has 2 heterocycles. The van der Waals surface area contributed by atoms with E-state index in [0.29, 0.717) is 5.56 Å². The molecular formula is C23H24N2O2. The van der Waals surface area contributed by atoms with E-state index in [9.17, 15) is 9.90 Å². The second-order valence-electron chi connectivity index (χ2n) is 8.44. The minimum atomic E-state index is -0.879. The predicted octanol–water partition coefficient (Wildman–Crippen LogP) is 5.37. The SMILES string of the molecule is Cc1cc(C(=O)O)cc2c1-c1c(-c3ccccc3)cnn1C[C@H]2C(C)(C)C. The fourth-order valence-corrected chi connectivity index (χ4v) is 4.16. The highest BCUT2D eigenvalue weighted by molar-refractivity contribution is 5.92. The van der Waals surface area contributed by atoms with Gasteiger partial charge in [0, 0.05) is 23.6 Å². The summed E-state index contributed by atoms with van der Waals surface area (Å²) in [6.45, 7) is 9.37. The molecular weight excluding hydrogens is 336 g/mol. The van der Waals surface area contributed by atoms with Gasteiger partial charge in [0.2, 0.25) is 0 Å². The van der Waals surface area contributed by atoms with E-state index >= 15 is 0 Å². The zero-order valence-electron chi connectivity index (χ0n) is 16.2. The lowest BCUT2D eigenvalue weighted by molar-refractivity contribution is 0.0696. The Morgan fingerprint density at radius 1 is 1.19 bits per heavy atom. The summed E-state index contributed by atoms with van der Waals surface area (Å²) in [5, 5.41) is 14.3. The molecule has 1 atom stereocenters. The number of carbonyl (C=O) groups is 1. The summed E-state index contributed by atoms with van der Waals surface area (Å²) in [5.41, 5.74) is 6.89. The summed E-state index contributed by atoms with van der Waals surface area (Å²) in [5.74, 6) is -0.683. The third kappa shape index (κ3) is 2.85. The molecule has 3 aromatic rings. The Morgan fingerprint density at radius 2 is 1.89 bits per heavy atom. The molecule has 1 aliphatic heterocycles. The third-order valence-electron chi connectivity index (χ3n) is 5.55. The van der Waals surface area contributed by atoms with E-state index in [4.69, 9.17) is 5.10 Å². The Bertz CT molecular complexity index is 1030. The van der Waals surface area contributed by atoms with Crippen LogP contribution in [0.15, 0.2) is 48.7 Å². The monoisotopic (exact) mass is 360 g/mol. The van der Waals surface area contributed by atoms with Crippen molar-refractivity contribution >= 4 is 5.97 Å². The average Bonchev–Trinajstić information content (AvgIpc) is 3.04. The number of carboxylic acids is 1. The molecule has 2 aromatic carbocycles. The van der Waals surface area contributed by atoms with Crippen molar-refractivity contribution < 1.29 is 9.90 Å². The molecule has 0 aliphatic carbocycles. The minimum absolute atomic E-state index is 0.00509. The van der Waals surface area contributed by atoms with E-state index in [2.05, 4.69) is 37.6 Å². The Kier molecular flexibility index (Phi) is 3.95. The number of aromatic carboxylic acids is 1. The molecule has 0 fully saturated rings. The first-order valence-electron chi connectivity index (χ1n) is 9.27. The zero-order chi connectivity index (χ0) is 19.3. The number of benzene rings is 2. The van der Waals surface area contributed by atoms with Crippen LogP contribution >= 0.6 is 0 Å². The Morgan fingerprint density at radius 3 is 2.52 bits per heavy atom. The maximum absolute atomic E-state index is 11.7. The van der Waals surface area contributed by atoms with Gasteiger partial charge >= 0.3 is 5.97 Å². The predicted molar refractivity (Wildman–Crippen MR) is 107 cm³/mol. The number of aryl methyl sites for hydroxylation is 1. The van der Waals surface area contributed by atoms with Crippen LogP contribution in [-0.4, -0.2) is 20.9 Å². The van der Waals surface area contributed by atoms with E-state index in [1.165, 1.54) is 0 Å². The van der Waals surface area contributed by atoms with Crippen molar-refractivity contribution in [2.45, 2.75) is 40.2 Å². The first kappa shape index (κ1) is 17.5. The van der Waals surface area contributed by atoms with E-state index in [-0.39, 0.29) is 11.3 Å². The Hall–Kier alpha value is -2.88. The van der Waals surface area contributed by atoms with E-state index in [1.807, 2.05) is 37.4 Å². The Balaban J connectivity index is 2.02. The molecule has 0 spiro atoms. The normalized spacial score (nSPS) is 15.9. The van der Waals surface area contributed by atoms with E-state index in [0.717, 1.165) is 40.1 Å². The van der Waals surface area contributed by atoms with Gasteiger partial charge in [-0.1, -0.05) is 51.1 Å². The van der Waals surface area contributed by atoms with Crippen LogP contribution in [-0.2, 0) is 6.54 Å². The molecule has 4 rings (SSSR count). The van der Waals surface area contributed by atoms with Crippen LogP contribution < -0.4 is 0 Å². The van der Waals surface area contributed by atoms with Crippen LogP contribution in [0.5, 0.6) is 0 Å². The van der Waals surface area contributed by atoms with Crippen molar-refractivity contribution in [1.82, 2.24) is 9.78 Å². The van der Waals surface area contributed by atoms with Crippen LogP contribution in [0.25, 0.3) is 22.4 Å². The van der Waals surface area contributed by atoms with Crippen molar-refractivity contribution in [3.8, 4) is 22.4 Å². The minimum Gasteiger partial charge on any atom is -0.478 e. The van der Waals surface area contributed by atoms with Crippen molar-refractivity contribution in [3.05, 3.63) is 65.4 Å². The summed E-state index contributed by atoms with van der Waals surface area (Å²) in [7, 11) is 0. The van der Waals surface area contributed by atoms with E-state index in [1.54, 1.807) is 6.07 Å². The quantitative estimate of drug-likeness (QED) is 0.669. The van der Waals surface area contributed by atoms with Gasteiger partial charge < -0.3 is 5.11 Å².